The van der Waals surface area contributed by atoms with Crippen LogP contribution in [-0.4, -0.2) is 8.32 Å². The lowest BCUT2D eigenvalue weighted by molar-refractivity contribution is 0.166. The lowest BCUT2D eigenvalue weighted by Gasteiger charge is -2.38. The molecule has 0 N–H and O–H groups in total. The van der Waals surface area contributed by atoms with Crippen molar-refractivity contribution >= 4 is 8.32 Å². The summed E-state index contributed by atoms with van der Waals surface area (Å²) >= 11 is 0. The molecule has 0 saturated carbocycles. The van der Waals surface area contributed by atoms with E-state index in [2.05, 4.69) is 45.0 Å². The van der Waals surface area contributed by atoms with E-state index >= 15 is 0 Å². The van der Waals surface area contributed by atoms with Crippen LogP contribution >= 0.6 is 0 Å². The van der Waals surface area contributed by atoms with Gasteiger partial charge >= 0.3 is 0 Å². The second kappa shape index (κ2) is 10.4. The molecule has 24 heavy (non-hydrogen) atoms. The molecule has 0 unspecified atom stereocenters. The van der Waals surface area contributed by atoms with Crippen molar-refractivity contribution in [3.63, 3.8) is 0 Å². The zero-order chi connectivity index (χ0) is 17.3. The van der Waals surface area contributed by atoms with Gasteiger partial charge in [-0.1, -0.05) is 83.6 Å². The van der Waals surface area contributed by atoms with Crippen LogP contribution in [0.1, 0.15) is 89.4 Å². The largest absolute Gasteiger partial charge is 0.410 e. The predicted octanol–water partition coefficient (Wildman–Crippen LogP) is 7.43. The first-order valence-electron chi connectivity index (χ1n) is 10.5. The van der Waals surface area contributed by atoms with Crippen molar-refractivity contribution in [1.82, 2.24) is 0 Å². The van der Waals surface area contributed by atoms with Gasteiger partial charge in [0.05, 0.1) is 6.10 Å². The van der Waals surface area contributed by atoms with Gasteiger partial charge in [-0.25, -0.2) is 0 Å². The summed E-state index contributed by atoms with van der Waals surface area (Å²) in [6.07, 6.45) is 12.1. The molecule has 1 aliphatic carbocycles. The number of hydrogen-bond donors (Lipinski definition) is 0. The van der Waals surface area contributed by atoms with Crippen LogP contribution in [-0.2, 0) is 10.8 Å². The Hall–Kier alpha value is -0.603. The van der Waals surface area contributed by atoms with Gasteiger partial charge in [-0.05, 0) is 48.5 Å². The molecule has 1 aromatic rings. The summed E-state index contributed by atoms with van der Waals surface area (Å²) in [6, 6.07) is 13.2. The zero-order valence-electron chi connectivity index (χ0n) is 16.3. The molecule has 1 aromatic carbocycles. The maximum atomic E-state index is 7.15. The molecule has 0 fully saturated rings. The molecule has 1 nitrogen and oxygen atoms in total. The van der Waals surface area contributed by atoms with Crippen molar-refractivity contribution in [2.45, 2.75) is 103 Å². The second-order valence-electron chi connectivity index (χ2n) is 7.69. The van der Waals surface area contributed by atoms with Crippen molar-refractivity contribution in [2.24, 2.45) is 0 Å². The molecular formula is C22H38OSi. The summed E-state index contributed by atoms with van der Waals surface area (Å²) in [5, 5.41) is 0. The Kier molecular flexibility index (Phi) is 8.55. The number of aryl methyl sites for hydroxylation is 1. The minimum Gasteiger partial charge on any atom is -0.410 e. The standard InChI is InChI=1S/C22H38OSi/c1-4-7-17-24(18-8-5-2,19-9-6-3)23-22-16-12-14-20-13-10-11-15-21(20)22/h10-11,13,15,22H,4-9,12,14,16-19H2,1-3H3/t22-/m0/s1. The van der Waals surface area contributed by atoms with E-state index in [1.165, 1.54) is 87.0 Å². The van der Waals surface area contributed by atoms with Gasteiger partial charge in [0.1, 0.15) is 0 Å². The van der Waals surface area contributed by atoms with Crippen LogP contribution in [0.5, 0.6) is 0 Å². The molecule has 0 radical (unpaired) electrons. The first kappa shape index (κ1) is 19.7. The first-order chi connectivity index (χ1) is 11.7. The average molecular weight is 347 g/mol. The van der Waals surface area contributed by atoms with Crippen molar-refractivity contribution in [3.8, 4) is 0 Å². The smallest absolute Gasteiger partial charge is 0.193 e. The third-order valence-electron chi connectivity index (χ3n) is 5.66. The molecule has 0 bridgehead atoms. The Morgan fingerprint density at radius 3 is 2.08 bits per heavy atom. The van der Waals surface area contributed by atoms with E-state index in [4.69, 9.17) is 4.43 Å². The van der Waals surface area contributed by atoms with Gasteiger partial charge in [0.15, 0.2) is 8.32 Å². The number of benzene rings is 1. The number of fused-ring (bicyclic) bond motifs is 1. The summed E-state index contributed by atoms with van der Waals surface area (Å²) in [7, 11) is -1.61. The highest BCUT2D eigenvalue weighted by molar-refractivity contribution is 6.73. The maximum absolute atomic E-state index is 7.15. The van der Waals surface area contributed by atoms with Crippen LogP contribution in [0.3, 0.4) is 0 Å². The van der Waals surface area contributed by atoms with E-state index in [1.807, 2.05) is 0 Å². The highest BCUT2D eigenvalue weighted by Gasteiger charge is 2.37. The molecule has 136 valence electrons. The third kappa shape index (κ3) is 5.45. The van der Waals surface area contributed by atoms with Gasteiger partial charge in [0.2, 0.25) is 0 Å². The van der Waals surface area contributed by atoms with E-state index in [-0.39, 0.29) is 0 Å². The number of unbranched alkanes of at least 4 members (excludes halogenated alkanes) is 3. The lowest BCUT2D eigenvalue weighted by Crippen LogP contribution is -2.40. The fraction of sp³-hybridized carbons (Fsp3) is 0.727. The molecule has 0 amide bonds. The molecule has 0 saturated heterocycles. The Bertz CT molecular complexity index is 449. The van der Waals surface area contributed by atoms with Gasteiger partial charge in [-0.15, -0.1) is 0 Å². The van der Waals surface area contributed by atoms with E-state index in [9.17, 15) is 0 Å². The topological polar surface area (TPSA) is 9.23 Å². The monoisotopic (exact) mass is 346 g/mol. The fourth-order valence-corrected chi connectivity index (χ4v) is 9.13. The van der Waals surface area contributed by atoms with Gasteiger partial charge in [0, 0.05) is 0 Å². The molecule has 2 heteroatoms. The Labute approximate surface area is 151 Å². The molecule has 0 aromatic heterocycles. The lowest BCUT2D eigenvalue weighted by atomic mass is 9.90. The van der Waals surface area contributed by atoms with Crippen LogP contribution in [0.2, 0.25) is 18.1 Å². The summed E-state index contributed by atoms with van der Waals surface area (Å²) < 4.78 is 7.15. The number of hydrogen-bond acceptors (Lipinski definition) is 1. The van der Waals surface area contributed by atoms with Gasteiger partial charge in [-0.2, -0.15) is 0 Å². The van der Waals surface area contributed by atoms with E-state index in [1.54, 1.807) is 0 Å². The van der Waals surface area contributed by atoms with Gasteiger partial charge in [0.25, 0.3) is 0 Å². The van der Waals surface area contributed by atoms with Crippen LogP contribution in [0.25, 0.3) is 0 Å². The van der Waals surface area contributed by atoms with E-state index in [0.717, 1.165) is 0 Å². The normalized spacial score (nSPS) is 17.7. The molecule has 0 heterocycles. The minimum absolute atomic E-state index is 0.382. The molecule has 0 aliphatic heterocycles. The van der Waals surface area contributed by atoms with Gasteiger partial charge < -0.3 is 4.43 Å². The van der Waals surface area contributed by atoms with Crippen LogP contribution in [0.4, 0.5) is 0 Å². The first-order valence-corrected chi connectivity index (χ1v) is 13.0. The average Bonchev–Trinajstić information content (AvgIpc) is 2.63. The molecule has 1 atom stereocenters. The minimum atomic E-state index is -1.61. The quantitative estimate of drug-likeness (QED) is 0.379. The van der Waals surface area contributed by atoms with Crippen LogP contribution in [0.15, 0.2) is 24.3 Å². The molecule has 2 rings (SSSR count). The molecule has 1 aliphatic rings. The van der Waals surface area contributed by atoms with E-state index < -0.39 is 8.32 Å². The predicted molar refractivity (Wildman–Crippen MR) is 108 cm³/mol. The summed E-state index contributed by atoms with van der Waals surface area (Å²) in [4.78, 5) is 0. The van der Waals surface area contributed by atoms with Crippen molar-refractivity contribution in [3.05, 3.63) is 35.4 Å². The number of rotatable bonds is 11. The molecule has 0 spiro atoms. The Morgan fingerprint density at radius 1 is 0.917 bits per heavy atom. The summed E-state index contributed by atoms with van der Waals surface area (Å²) in [6.45, 7) is 6.98. The zero-order valence-corrected chi connectivity index (χ0v) is 17.3. The molecular weight excluding hydrogens is 308 g/mol. The van der Waals surface area contributed by atoms with Crippen LogP contribution < -0.4 is 0 Å². The van der Waals surface area contributed by atoms with Crippen molar-refractivity contribution in [2.75, 3.05) is 0 Å². The van der Waals surface area contributed by atoms with E-state index in [0.29, 0.717) is 6.10 Å². The highest BCUT2D eigenvalue weighted by atomic mass is 28.4. The van der Waals surface area contributed by atoms with Crippen molar-refractivity contribution < 1.29 is 4.43 Å². The Balaban J connectivity index is 2.19. The summed E-state index contributed by atoms with van der Waals surface area (Å²) in [5.74, 6) is 0. The maximum Gasteiger partial charge on any atom is 0.193 e. The summed E-state index contributed by atoms with van der Waals surface area (Å²) in [5.41, 5.74) is 3.04. The van der Waals surface area contributed by atoms with Gasteiger partial charge in [-0.3, -0.25) is 0 Å². The second-order valence-corrected chi connectivity index (χ2v) is 11.8. The van der Waals surface area contributed by atoms with Crippen molar-refractivity contribution in [1.29, 1.82) is 0 Å². The SMILES string of the molecule is CCCC[Si](CCCC)(CCCC)O[C@H]1CCCc2ccccc21. The highest BCUT2D eigenvalue weighted by Crippen LogP contribution is 2.39. The van der Waals surface area contributed by atoms with Crippen LogP contribution in [0, 0.1) is 0 Å². The third-order valence-corrected chi connectivity index (χ3v) is 10.2. The fourth-order valence-electron chi connectivity index (χ4n) is 4.18. The Morgan fingerprint density at radius 2 is 1.50 bits per heavy atom.